The van der Waals surface area contributed by atoms with Crippen molar-refractivity contribution in [1.29, 1.82) is 0 Å². The minimum absolute atomic E-state index is 0.188. The number of hydrogen-bond donors (Lipinski definition) is 0. The number of benzene rings is 2. The Labute approximate surface area is 166 Å². The van der Waals surface area contributed by atoms with E-state index in [1.165, 1.54) is 24.5 Å². The molecule has 0 N–H and O–H groups in total. The first-order valence-electron chi connectivity index (χ1n) is 9.50. The molecule has 2 aromatic carbocycles. The molecule has 144 valence electrons. The van der Waals surface area contributed by atoms with Gasteiger partial charge in [-0.1, -0.05) is 30.3 Å². The summed E-state index contributed by atoms with van der Waals surface area (Å²) in [7, 11) is 0. The minimum atomic E-state index is -0.444. The van der Waals surface area contributed by atoms with Crippen LogP contribution in [0.1, 0.15) is 16.8 Å². The van der Waals surface area contributed by atoms with Crippen LogP contribution < -0.4 is 5.43 Å². The lowest BCUT2D eigenvalue weighted by Gasteiger charge is -2.27. The predicted molar refractivity (Wildman–Crippen MR) is 108 cm³/mol. The maximum Gasteiger partial charge on any atom is 0.197 e. The first kappa shape index (κ1) is 17.7. The van der Waals surface area contributed by atoms with Crippen LogP contribution in [0.5, 0.6) is 0 Å². The number of fused-ring (bicyclic) bond motifs is 2. The Morgan fingerprint density at radius 1 is 1.14 bits per heavy atom. The van der Waals surface area contributed by atoms with Gasteiger partial charge >= 0.3 is 0 Å². The smallest absolute Gasteiger partial charge is 0.197 e. The summed E-state index contributed by atoms with van der Waals surface area (Å²) >= 11 is 0. The van der Waals surface area contributed by atoms with Crippen molar-refractivity contribution in [3.8, 4) is 11.4 Å². The molecule has 29 heavy (non-hydrogen) atoms. The molecule has 0 amide bonds. The van der Waals surface area contributed by atoms with Crippen LogP contribution >= 0.6 is 0 Å². The van der Waals surface area contributed by atoms with E-state index in [9.17, 15) is 9.18 Å². The van der Waals surface area contributed by atoms with Gasteiger partial charge in [-0.3, -0.25) is 9.69 Å². The molecular formula is C23H18FN3O2. The van der Waals surface area contributed by atoms with Crippen molar-refractivity contribution in [3.63, 3.8) is 0 Å². The summed E-state index contributed by atoms with van der Waals surface area (Å²) in [6.45, 7) is 1.87. The van der Waals surface area contributed by atoms with Gasteiger partial charge in [0, 0.05) is 48.9 Å². The van der Waals surface area contributed by atoms with Gasteiger partial charge in [0.25, 0.3) is 0 Å². The Bertz CT molecular complexity index is 1250. The zero-order chi connectivity index (χ0) is 19.8. The molecule has 0 bridgehead atoms. The third-order valence-electron chi connectivity index (χ3n) is 5.24. The standard InChI is InChI=1S/C23H18FN3O2/c24-18-6-7-21-19(10-18)22(28)17(14-29-21)13-27-9-8-20-16(12-27)11-25-23(26-20)15-4-2-1-3-5-15/h1-7,10-11,14H,8-9,12-13H2. The molecule has 0 radical (unpaired) electrons. The highest BCUT2D eigenvalue weighted by atomic mass is 19.1. The summed E-state index contributed by atoms with van der Waals surface area (Å²) in [5.74, 6) is 0.287. The molecule has 4 aromatic rings. The van der Waals surface area contributed by atoms with Gasteiger partial charge in [-0.05, 0) is 18.2 Å². The van der Waals surface area contributed by atoms with Gasteiger partial charge in [-0.25, -0.2) is 14.4 Å². The van der Waals surface area contributed by atoms with Crippen molar-refractivity contribution in [1.82, 2.24) is 14.9 Å². The van der Waals surface area contributed by atoms with Crippen LogP contribution in [0.25, 0.3) is 22.4 Å². The van der Waals surface area contributed by atoms with Crippen LogP contribution in [0.15, 0.2) is 70.2 Å². The zero-order valence-electron chi connectivity index (χ0n) is 15.6. The first-order chi connectivity index (χ1) is 14.2. The first-order valence-corrected chi connectivity index (χ1v) is 9.50. The third kappa shape index (κ3) is 3.43. The topological polar surface area (TPSA) is 59.2 Å². The largest absolute Gasteiger partial charge is 0.464 e. The lowest BCUT2D eigenvalue weighted by atomic mass is 10.1. The highest BCUT2D eigenvalue weighted by Crippen LogP contribution is 2.22. The lowest BCUT2D eigenvalue weighted by Crippen LogP contribution is -2.32. The van der Waals surface area contributed by atoms with E-state index in [-0.39, 0.29) is 10.8 Å². The molecule has 6 heteroatoms. The molecule has 0 atom stereocenters. The lowest BCUT2D eigenvalue weighted by molar-refractivity contribution is 0.240. The Morgan fingerprint density at radius 2 is 2.00 bits per heavy atom. The second-order valence-corrected chi connectivity index (χ2v) is 7.22. The fourth-order valence-electron chi connectivity index (χ4n) is 3.73. The van der Waals surface area contributed by atoms with Crippen molar-refractivity contribution >= 4 is 11.0 Å². The van der Waals surface area contributed by atoms with Crippen LogP contribution in [0, 0.1) is 5.82 Å². The van der Waals surface area contributed by atoms with Crippen molar-refractivity contribution in [2.24, 2.45) is 0 Å². The van der Waals surface area contributed by atoms with Gasteiger partial charge < -0.3 is 4.42 Å². The fraction of sp³-hybridized carbons (Fsp3) is 0.174. The molecule has 0 unspecified atom stereocenters. The Kier molecular flexibility index (Phi) is 4.41. The second-order valence-electron chi connectivity index (χ2n) is 7.22. The molecule has 1 aliphatic heterocycles. The van der Waals surface area contributed by atoms with E-state index < -0.39 is 5.82 Å². The number of halogens is 1. The Morgan fingerprint density at radius 3 is 2.86 bits per heavy atom. The maximum absolute atomic E-state index is 13.5. The number of hydrogen-bond acceptors (Lipinski definition) is 5. The summed E-state index contributed by atoms with van der Waals surface area (Å²) in [6, 6.07) is 13.9. The molecule has 0 saturated carbocycles. The predicted octanol–water partition coefficient (Wildman–Crippen LogP) is 3.95. The molecule has 1 aliphatic rings. The summed E-state index contributed by atoms with van der Waals surface area (Å²) in [6.07, 6.45) is 4.13. The van der Waals surface area contributed by atoms with E-state index in [0.717, 1.165) is 35.6 Å². The average molecular weight is 387 g/mol. The van der Waals surface area contributed by atoms with E-state index in [4.69, 9.17) is 9.40 Å². The summed E-state index contributed by atoms with van der Waals surface area (Å²) in [5.41, 5.74) is 3.83. The minimum Gasteiger partial charge on any atom is -0.464 e. The van der Waals surface area contributed by atoms with Crippen LogP contribution in [0.3, 0.4) is 0 Å². The van der Waals surface area contributed by atoms with Crippen LogP contribution in [-0.2, 0) is 19.5 Å². The summed E-state index contributed by atoms with van der Waals surface area (Å²) < 4.78 is 19.1. The van der Waals surface area contributed by atoms with Gasteiger partial charge in [0.05, 0.1) is 17.3 Å². The number of rotatable bonds is 3. The Balaban J connectivity index is 1.38. The molecular weight excluding hydrogens is 369 g/mol. The van der Waals surface area contributed by atoms with Gasteiger partial charge in [-0.2, -0.15) is 0 Å². The monoisotopic (exact) mass is 387 g/mol. The molecule has 0 fully saturated rings. The van der Waals surface area contributed by atoms with Crippen LogP contribution in [0.4, 0.5) is 4.39 Å². The Hall–Kier alpha value is -3.38. The van der Waals surface area contributed by atoms with E-state index >= 15 is 0 Å². The fourth-order valence-corrected chi connectivity index (χ4v) is 3.73. The number of aromatic nitrogens is 2. The third-order valence-corrected chi connectivity index (χ3v) is 5.24. The van der Waals surface area contributed by atoms with Crippen molar-refractivity contribution < 1.29 is 8.81 Å². The van der Waals surface area contributed by atoms with E-state index in [0.29, 0.717) is 24.2 Å². The van der Waals surface area contributed by atoms with E-state index in [2.05, 4.69) is 9.88 Å². The maximum atomic E-state index is 13.5. The van der Waals surface area contributed by atoms with Gasteiger partial charge in [0.2, 0.25) is 0 Å². The molecule has 5 rings (SSSR count). The zero-order valence-corrected chi connectivity index (χ0v) is 15.6. The molecule has 0 spiro atoms. The quantitative estimate of drug-likeness (QED) is 0.533. The van der Waals surface area contributed by atoms with Crippen LogP contribution in [0.2, 0.25) is 0 Å². The van der Waals surface area contributed by atoms with Gasteiger partial charge in [0.15, 0.2) is 11.3 Å². The normalized spacial score (nSPS) is 14.1. The highest BCUT2D eigenvalue weighted by molar-refractivity contribution is 5.76. The molecule has 3 heterocycles. The second kappa shape index (κ2) is 7.22. The molecule has 0 aliphatic carbocycles. The van der Waals surface area contributed by atoms with E-state index in [1.807, 2.05) is 36.5 Å². The molecule has 5 nitrogen and oxygen atoms in total. The molecule has 2 aromatic heterocycles. The van der Waals surface area contributed by atoms with Crippen molar-refractivity contribution in [2.75, 3.05) is 6.54 Å². The van der Waals surface area contributed by atoms with Gasteiger partial charge in [-0.15, -0.1) is 0 Å². The summed E-state index contributed by atoms with van der Waals surface area (Å²) in [5, 5.41) is 0.274. The average Bonchev–Trinajstić information content (AvgIpc) is 2.76. The summed E-state index contributed by atoms with van der Waals surface area (Å²) in [4.78, 5) is 24.1. The SMILES string of the molecule is O=c1c(CN2CCc3nc(-c4ccccc4)ncc3C2)coc2ccc(F)cc12. The van der Waals surface area contributed by atoms with E-state index in [1.54, 1.807) is 0 Å². The van der Waals surface area contributed by atoms with Gasteiger partial charge in [0.1, 0.15) is 11.4 Å². The van der Waals surface area contributed by atoms with Crippen molar-refractivity contribution in [2.45, 2.75) is 19.5 Å². The number of nitrogens with zero attached hydrogens (tertiary/aromatic N) is 3. The highest BCUT2D eigenvalue weighted by Gasteiger charge is 2.20. The van der Waals surface area contributed by atoms with Crippen molar-refractivity contribution in [3.05, 3.63) is 93.9 Å². The molecule has 0 saturated heterocycles. The van der Waals surface area contributed by atoms with Crippen LogP contribution in [-0.4, -0.2) is 21.4 Å².